The number of aromatic nitrogens is 6. The SMILES string of the molecule is c1ccc([Si](c2ccccc2)(c2ccccc2)c2cccc(-c3nc(-c4ccc5c(c4)sc4ccccc45)nc(-n4c5ccc(-n6c7ccccc7c7ccccc76)cc5c5ccc(-n6c7ccccc7c7ccccc76)cc54)n3)c2)cc1. The maximum absolute atomic E-state index is 5.70. The Labute approximate surface area is 482 Å². The van der Waals surface area contributed by atoms with Gasteiger partial charge in [0.05, 0.1) is 33.1 Å². The van der Waals surface area contributed by atoms with Crippen LogP contribution in [0, 0.1) is 0 Å². The second-order valence-electron chi connectivity index (χ2n) is 21.5. The van der Waals surface area contributed by atoms with E-state index in [0.717, 1.165) is 66.4 Å². The lowest BCUT2D eigenvalue weighted by Gasteiger charge is -2.34. The quantitative estimate of drug-likeness (QED) is 0.107. The molecule has 0 fully saturated rings. The predicted octanol–water partition coefficient (Wildman–Crippen LogP) is 16.2. The molecule has 0 aliphatic rings. The minimum atomic E-state index is -2.94. The van der Waals surface area contributed by atoms with Gasteiger partial charge >= 0.3 is 0 Å². The third-order valence-corrected chi connectivity index (χ3v) is 23.0. The molecular formula is C75H48N6SSi. The summed E-state index contributed by atoms with van der Waals surface area (Å²) >= 11 is 1.80. The average molecular weight is 1090 g/mol. The van der Waals surface area contributed by atoms with Crippen molar-refractivity contribution in [1.82, 2.24) is 28.7 Å². The number of hydrogen-bond acceptors (Lipinski definition) is 4. The smallest absolute Gasteiger partial charge is 0.238 e. The van der Waals surface area contributed by atoms with E-state index >= 15 is 0 Å². The molecule has 0 aliphatic carbocycles. The zero-order valence-corrected chi connectivity index (χ0v) is 46.6. The molecule has 0 spiro atoms. The third kappa shape index (κ3) is 7.30. The maximum Gasteiger partial charge on any atom is 0.238 e. The molecule has 0 N–H and O–H groups in total. The van der Waals surface area contributed by atoms with E-state index in [9.17, 15) is 0 Å². The van der Waals surface area contributed by atoms with Crippen LogP contribution < -0.4 is 20.7 Å². The van der Waals surface area contributed by atoms with Crippen molar-refractivity contribution in [2.75, 3.05) is 0 Å². The second kappa shape index (κ2) is 18.8. The Kier molecular flexibility index (Phi) is 10.7. The van der Waals surface area contributed by atoms with Gasteiger partial charge in [-0.05, 0) is 87.5 Å². The highest BCUT2D eigenvalue weighted by Crippen LogP contribution is 2.41. The van der Waals surface area contributed by atoms with Crippen molar-refractivity contribution in [3.8, 4) is 40.1 Å². The summed E-state index contributed by atoms with van der Waals surface area (Å²) in [7, 11) is -2.94. The molecule has 83 heavy (non-hydrogen) atoms. The molecule has 8 heteroatoms. The summed E-state index contributed by atoms with van der Waals surface area (Å²) in [4.78, 5) is 16.9. The van der Waals surface area contributed by atoms with Crippen molar-refractivity contribution >= 4 is 126 Å². The number of thiophene rings is 1. The third-order valence-electron chi connectivity index (χ3n) is 17.0. The lowest BCUT2D eigenvalue weighted by molar-refractivity contribution is 0.953. The fraction of sp³-hybridized carbons (Fsp3) is 0. The number of fused-ring (bicyclic) bond motifs is 12. The molecule has 0 bridgehead atoms. The molecule has 0 radical (unpaired) electrons. The van der Waals surface area contributed by atoms with Crippen LogP contribution in [-0.2, 0) is 0 Å². The zero-order valence-electron chi connectivity index (χ0n) is 44.8. The predicted molar refractivity (Wildman–Crippen MR) is 350 cm³/mol. The van der Waals surface area contributed by atoms with Crippen molar-refractivity contribution in [3.05, 3.63) is 291 Å². The van der Waals surface area contributed by atoms with E-state index in [1.807, 2.05) is 0 Å². The molecule has 0 amide bonds. The average Bonchev–Trinajstić information content (AvgIpc) is 4.52. The van der Waals surface area contributed by atoms with E-state index in [4.69, 9.17) is 15.0 Å². The first kappa shape index (κ1) is 47.3. The number of nitrogens with zero attached hydrogens (tertiary/aromatic N) is 6. The van der Waals surface area contributed by atoms with E-state index in [0.29, 0.717) is 17.6 Å². The van der Waals surface area contributed by atoms with Crippen LogP contribution in [0.4, 0.5) is 0 Å². The minimum absolute atomic E-state index is 0.536. The highest BCUT2D eigenvalue weighted by molar-refractivity contribution is 7.25. The second-order valence-corrected chi connectivity index (χ2v) is 26.4. The van der Waals surface area contributed by atoms with E-state index < -0.39 is 8.07 Å². The maximum atomic E-state index is 5.70. The molecule has 5 aromatic heterocycles. The Balaban J connectivity index is 0.951. The van der Waals surface area contributed by atoms with Crippen LogP contribution in [0.2, 0.25) is 0 Å². The van der Waals surface area contributed by atoms with Crippen LogP contribution in [0.25, 0.3) is 126 Å². The molecule has 388 valence electrons. The molecule has 0 unspecified atom stereocenters. The zero-order chi connectivity index (χ0) is 54.6. The van der Waals surface area contributed by atoms with Gasteiger partial charge in [0.2, 0.25) is 5.95 Å². The lowest BCUT2D eigenvalue weighted by Crippen LogP contribution is -2.74. The van der Waals surface area contributed by atoms with Gasteiger partial charge in [0.15, 0.2) is 19.7 Å². The van der Waals surface area contributed by atoms with Gasteiger partial charge in [-0.15, -0.1) is 11.3 Å². The molecule has 0 aliphatic heterocycles. The van der Waals surface area contributed by atoms with Gasteiger partial charge in [0, 0.05) is 75.0 Å². The van der Waals surface area contributed by atoms with Gasteiger partial charge < -0.3 is 9.13 Å². The summed E-state index contributed by atoms with van der Waals surface area (Å²) in [5.74, 6) is 1.73. The van der Waals surface area contributed by atoms with Crippen molar-refractivity contribution in [2.24, 2.45) is 0 Å². The van der Waals surface area contributed by atoms with Gasteiger partial charge in [0.1, 0.15) is 0 Å². The molecular weight excluding hydrogens is 1050 g/mol. The summed E-state index contributed by atoms with van der Waals surface area (Å²) < 4.78 is 9.52. The fourth-order valence-electron chi connectivity index (χ4n) is 13.4. The molecule has 12 aromatic carbocycles. The molecule has 17 rings (SSSR count). The Morgan fingerprint density at radius 1 is 0.253 bits per heavy atom. The van der Waals surface area contributed by atoms with Crippen molar-refractivity contribution < 1.29 is 0 Å². The number of para-hydroxylation sites is 4. The van der Waals surface area contributed by atoms with Gasteiger partial charge in [0.25, 0.3) is 0 Å². The molecule has 17 aromatic rings. The minimum Gasteiger partial charge on any atom is -0.309 e. The Morgan fingerprint density at radius 3 is 1.24 bits per heavy atom. The highest BCUT2D eigenvalue weighted by atomic mass is 32.1. The monoisotopic (exact) mass is 1090 g/mol. The van der Waals surface area contributed by atoms with Crippen LogP contribution in [0.1, 0.15) is 0 Å². The topological polar surface area (TPSA) is 53.5 Å². The first-order chi connectivity index (χ1) is 41.2. The summed E-state index contributed by atoms with van der Waals surface area (Å²) in [6.45, 7) is 0. The first-order valence-corrected chi connectivity index (χ1v) is 31.0. The number of hydrogen-bond donors (Lipinski definition) is 0. The van der Waals surface area contributed by atoms with Crippen LogP contribution in [-0.4, -0.2) is 36.7 Å². The van der Waals surface area contributed by atoms with E-state index in [1.165, 1.54) is 62.5 Å². The molecule has 6 nitrogen and oxygen atoms in total. The fourth-order valence-corrected chi connectivity index (χ4v) is 19.4. The van der Waals surface area contributed by atoms with E-state index in [1.54, 1.807) is 11.3 Å². The van der Waals surface area contributed by atoms with Crippen molar-refractivity contribution in [1.29, 1.82) is 0 Å². The number of rotatable bonds is 9. The molecule has 0 atom stereocenters. The molecule has 0 saturated heterocycles. The number of benzene rings is 12. The Hall–Kier alpha value is -10.5. The van der Waals surface area contributed by atoms with Crippen LogP contribution in [0.3, 0.4) is 0 Å². The molecule has 0 saturated carbocycles. The normalized spacial score (nSPS) is 12.1. The van der Waals surface area contributed by atoms with Crippen LogP contribution in [0.15, 0.2) is 291 Å². The first-order valence-electron chi connectivity index (χ1n) is 28.2. The standard InChI is InChI=1S/C75H48N6SSi/c1-4-22-53(23-5-1)83(54-24-6-2-7-25-54,55-26-8-3-9-27-55)56-28-20-21-49(45-56)73-76-74(50-39-42-63-62-33-14-19-38-71(62)82-72(63)46-50)78-75(77-73)81-69-44-41-51(79-65-34-15-10-29-57(65)58-30-11-16-35-66(58)79)47-64(69)61-43-40-52(48-70(61)81)80-67-36-17-12-31-59(67)60-32-13-18-37-68(60)80/h1-48H. The van der Waals surface area contributed by atoms with Crippen molar-refractivity contribution in [2.45, 2.75) is 0 Å². The van der Waals surface area contributed by atoms with Gasteiger partial charge in [-0.3, -0.25) is 4.57 Å². The van der Waals surface area contributed by atoms with Crippen LogP contribution >= 0.6 is 11.3 Å². The lowest BCUT2D eigenvalue weighted by atomic mass is 10.1. The summed E-state index contributed by atoms with van der Waals surface area (Å²) in [6.07, 6.45) is 0. The van der Waals surface area contributed by atoms with E-state index in [2.05, 4.69) is 305 Å². The largest absolute Gasteiger partial charge is 0.309 e. The van der Waals surface area contributed by atoms with Gasteiger partial charge in [-0.1, -0.05) is 224 Å². The van der Waals surface area contributed by atoms with Gasteiger partial charge in [-0.25, -0.2) is 4.98 Å². The summed E-state index contributed by atoms with van der Waals surface area (Å²) in [6, 6.07) is 106. The van der Waals surface area contributed by atoms with E-state index in [-0.39, 0.29) is 0 Å². The van der Waals surface area contributed by atoms with Crippen LogP contribution in [0.5, 0.6) is 0 Å². The molecule has 5 heterocycles. The van der Waals surface area contributed by atoms with Gasteiger partial charge in [-0.2, -0.15) is 9.97 Å². The Morgan fingerprint density at radius 2 is 0.675 bits per heavy atom. The summed E-state index contributed by atoms with van der Waals surface area (Å²) in [5.41, 5.74) is 10.5. The van der Waals surface area contributed by atoms with Crippen molar-refractivity contribution in [3.63, 3.8) is 0 Å². The highest BCUT2D eigenvalue weighted by Gasteiger charge is 2.41. The summed E-state index contributed by atoms with van der Waals surface area (Å²) in [5, 5.41) is 14.7. The Bertz CT molecular complexity index is 5210.